The maximum absolute atomic E-state index is 12.0. The number of esters is 1. The van der Waals surface area contributed by atoms with Crippen molar-refractivity contribution in [2.45, 2.75) is 13.3 Å². The molecule has 1 amide bonds. The molecule has 0 saturated carbocycles. The number of carbonyl (C=O) groups excluding carboxylic acids is 2. The second kappa shape index (κ2) is 10.1. The number of aromatic hydroxyl groups is 1. The van der Waals surface area contributed by atoms with E-state index in [2.05, 4.69) is 10.5 Å². The molecule has 0 atom stereocenters. The topological polar surface area (TPSA) is 97.2 Å². The Morgan fingerprint density at radius 1 is 1.07 bits per heavy atom. The van der Waals surface area contributed by atoms with Crippen molar-refractivity contribution in [3.8, 4) is 11.5 Å². The van der Waals surface area contributed by atoms with Gasteiger partial charge in [-0.05, 0) is 47.5 Å². The molecule has 2 N–H and O–H groups in total. The minimum Gasteiger partial charge on any atom is -0.507 e. The molecule has 3 rings (SSSR count). The lowest BCUT2D eigenvalue weighted by Crippen LogP contribution is -2.24. The second-order valence-corrected chi connectivity index (χ2v) is 6.46. The lowest BCUT2D eigenvalue weighted by Gasteiger charge is -2.07. The SMILES string of the molecule is CCCOC(=O)c1ccc(OCC(=O)NN=Cc2c(O)ccc3ccccc23)cc1. The first-order valence-corrected chi connectivity index (χ1v) is 9.51. The highest BCUT2D eigenvalue weighted by Gasteiger charge is 2.08. The number of nitrogens with one attached hydrogen (secondary N) is 1. The number of fused-ring (bicyclic) bond motifs is 1. The van der Waals surface area contributed by atoms with Gasteiger partial charge in [-0.3, -0.25) is 4.79 Å². The summed E-state index contributed by atoms with van der Waals surface area (Å²) in [5, 5.41) is 15.8. The van der Waals surface area contributed by atoms with Gasteiger partial charge in [-0.25, -0.2) is 10.2 Å². The molecule has 0 aromatic heterocycles. The molecule has 0 aliphatic heterocycles. The Kier molecular flexibility index (Phi) is 7.00. The first-order valence-electron chi connectivity index (χ1n) is 9.51. The van der Waals surface area contributed by atoms with Gasteiger partial charge < -0.3 is 14.6 Å². The minimum absolute atomic E-state index is 0.0699. The van der Waals surface area contributed by atoms with Crippen LogP contribution in [0.2, 0.25) is 0 Å². The lowest BCUT2D eigenvalue weighted by molar-refractivity contribution is -0.123. The number of ether oxygens (including phenoxy) is 2. The Hall–Kier alpha value is -3.87. The molecular weight excluding hydrogens is 384 g/mol. The zero-order chi connectivity index (χ0) is 21.3. The number of hydrogen-bond acceptors (Lipinski definition) is 6. The number of phenolic OH excluding ortho intramolecular Hbond substituents is 1. The van der Waals surface area contributed by atoms with Gasteiger partial charge in [-0.1, -0.05) is 37.3 Å². The van der Waals surface area contributed by atoms with E-state index in [9.17, 15) is 14.7 Å². The Labute approximate surface area is 173 Å². The van der Waals surface area contributed by atoms with Crippen molar-refractivity contribution in [2.24, 2.45) is 5.10 Å². The highest BCUT2D eigenvalue weighted by molar-refractivity contribution is 6.02. The molecule has 0 bridgehead atoms. The summed E-state index contributed by atoms with van der Waals surface area (Å²) < 4.78 is 10.4. The first-order chi connectivity index (χ1) is 14.6. The van der Waals surface area contributed by atoms with Gasteiger partial charge in [0.25, 0.3) is 5.91 Å². The largest absolute Gasteiger partial charge is 0.507 e. The fraction of sp³-hybridized carbons (Fsp3) is 0.174. The van der Waals surface area contributed by atoms with Crippen molar-refractivity contribution >= 4 is 28.9 Å². The van der Waals surface area contributed by atoms with Gasteiger partial charge >= 0.3 is 5.97 Å². The molecule has 0 saturated heterocycles. The minimum atomic E-state index is -0.461. The molecule has 0 spiro atoms. The molecule has 3 aromatic carbocycles. The summed E-state index contributed by atoms with van der Waals surface area (Å²) in [7, 11) is 0. The molecule has 0 unspecified atom stereocenters. The molecule has 0 radical (unpaired) electrons. The smallest absolute Gasteiger partial charge is 0.338 e. The summed E-state index contributed by atoms with van der Waals surface area (Å²) in [5.74, 6) is -0.349. The van der Waals surface area contributed by atoms with E-state index < -0.39 is 11.9 Å². The van der Waals surface area contributed by atoms with Gasteiger partial charge in [0.2, 0.25) is 0 Å². The van der Waals surface area contributed by atoms with E-state index in [4.69, 9.17) is 9.47 Å². The van der Waals surface area contributed by atoms with E-state index in [1.807, 2.05) is 37.3 Å². The number of rotatable bonds is 8. The van der Waals surface area contributed by atoms with E-state index in [0.717, 1.165) is 17.2 Å². The molecule has 7 heteroatoms. The van der Waals surface area contributed by atoms with E-state index in [-0.39, 0.29) is 12.4 Å². The number of amides is 1. The van der Waals surface area contributed by atoms with Crippen molar-refractivity contribution in [3.63, 3.8) is 0 Å². The van der Waals surface area contributed by atoms with Crippen LogP contribution in [0.1, 0.15) is 29.3 Å². The van der Waals surface area contributed by atoms with Gasteiger partial charge in [-0.15, -0.1) is 0 Å². The second-order valence-electron chi connectivity index (χ2n) is 6.46. The van der Waals surface area contributed by atoms with Crippen LogP contribution in [0.4, 0.5) is 0 Å². The van der Waals surface area contributed by atoms with Crippen LogP contribution in [-0.4, -0.2) is 36.4 Å². The average molecular weight is 406 g/mol. The highest BCUT2D eigenvalue weighted by Crippen LogP contribution is 2.25. The Morgan fingerprint density at radius 3 is 2.60 bits per heavy atom. The third kappa shape index (κ3) is 5.35. The zero-order valence-corrected chi connectivity index (χ0v) is 16.5. The van der Waals surface area contributed by atoms with E-state index in [0.29, 0.717) is 23.5 Å². The van der Waals surface area contributed by atoms with E-state index in [1.165, 1.54) is 6.21 Å². The number of nitrogens with zero attached hydrogens (tertiary/aromatic N) is 1. The van der Waals surface area contributed by atoms with Crippen molar-refractivity contribution in [1.29, 1.82) is 0 Å². The fourth-order valence-electron chi connectivity index (χ4n) is 2.74. The summed E-state index contributed by atoms with van der Waals surface area (Å²) in [6.07, 6.45) is 2.15. The summed E-state index contributed by atoms with van der Waals surface area (Å²) in [6, 6.07) is 17.3. The van der Waals surface area contributed by atoms with Crippen molar-refractivity contribution in [3.05, 3.63) is 71.8 Å². The molecular formula is C23H22N2O5. The summed E-state index contributed by atoms with van der Waals surface area (Å²) in [4.78, 5) is 23.7. The Morgan fingerprint density at radius 2 is 1.83 bits per heavy atom. The van der Waals surface area contributed by atoms with Crippen LogP contribution >= 0.6 is 0 Å². The van der Waals surface area contributed by atoms with Crippen LogP contribution in [0.15, 0.2) is 65.8 Å². The standard InChI is InChI=1S/C23H22N2O5/c1-2-13-29-23(28)17-7-10-18(11-8-17)30-15-22(27)25-24-14-20-19-6-4-3-5-16(19)9-12-21(20)26/h3-12,14,26H,2,13,15H2,1H3,(H,25,27). The van der Waals surface area contributed by atoms with Crippen LogP contribution in [0.5, 0.6) is 11.5 Å². The number of benzene rings is 3. The predicted octanol–water partition coefficient (Wildman–Crippen LogP) is 3.64. The highest BCUT2D eigenvalue weighted by atomic mass is 16.5. The molecule has 0 heterocycles. The lowest BCUT2D eigenvalue weighted by atomic mass is 10.0. The zero-order valence-electron chi connectivity index (χ0n) is 16.5. The maximum Gasteiger partial charge on any atom is 0.338 e. The Bertz CT molecular complexity index is 1060. The van der Waals surface area contributed by atoms with Gasteiger partial charge in [0.05, 0.1) is 18.4 Å². The van der Waals surface area contributed by atoms with Gasteiger partial charge in [-0.2, -0.15) is 5.10 Å². The Balaban J connectivity index is 1.53. The summed E-state index contributed by atoms with van der Waals surface area (Å²) in [5.41, 5.74) is 3.30. The van der Waals surface area contributed by atoms with Crippen LogP contribution < -0.4 is 10.2 Å². The predicted molar refractivity (Wildman–Crippen MR) is 114 cm³/mol. The van der Waals surface area contributed by atoms with Gasteiger partial charge in [0, 0.05) is 5.56 Å². The molecule has 3 aromatic rings. The van der Waals surface area contributed by atoms with Gasteiger partial charge in [0.1, 0.15) is 11.5 Å². The van der Waals surface area contributed by atoms with E-state index >= 15 is 0 Å². The normalized spacial score (nSPS) is 10.8. The third-order valence-corrected chi connectivity index (χ3v) is 4.23. The van der Waals surface area contributed by atoms with Crippen molar-refractivity contribution < 1.29 is 24.2 Å². The van der Waals surface area contributed by atoms with Gasteiger partial charge in [0.15, 0.2) is 6.61 Å². The van der Waals surface area contributed by atoms with Crippen LogP contribution in [0, 0.1) is 0 Å². The molecule has 7 nitrogen and oxygen atoms in total. The summed E-state index contributed by atoms with van der Waals surface area (Å²) in [6.45, 7) is 2.04. The number of phenols is 1. The number of hydrazone groups is 1. The van der Waals surface area contributed by atoms with Crippen molar-refractivity contribution in [2.75, 3.05) is 13.2 Å². The number of carbonyl (C=O) groups is 2. The number of hydrogen-bond donors (Lipinski definition) is 2. The monoisotopic (exact) mass is 406 g/mol. The van der Waals surface area contributed by atoms with Crippen LogP contribution in [-0.2, 0) is 9.53 Å². The molecule has 0 fully saturated rings. The quantitative estimate of drug-likeness (QED) is 0.338. The fourth-order valence-corrected chi connectivity index (χ4v) is 2.74. The maximum atomic E-state index is 12.0. The molecule has 0 aliphatic rings. The first kappa shape index (κ1) is 20.9. The summed E-state index contributed by atoms with van der Waals surface area (Å²) >= 11 is 0. The van der Waals surface area contributed by atoms with Crippen LogP contribution in [0.3, 0.4) is 0 Å². The van der Waals surface area contributed by atoms with Crippen molar-refractivity contribution in [1.82, 2.24) is 5.43 Å². The van der Waals surface area contributed by atoms with Crippen LogP contribution in [0.25, 0.3) is 10.8 Å². The molecule has 0 aliphatic carbocycles. The average Bonchev–Trinajstić information content (AvgIpc) is 2.78. The third-order valence-electron chi connectivity index (χ3n) is 4.23. The molecule has 30 heavy (non-hydrogen) atoms. The van der Waals surface area contributed by atoms with E-state index in [1.54, 1.807) is 30.3 Å². The molecule has 154 valence electrons.